The van der Waals surface area contributed by atoms with E-state index in [1.165, 1.54) is 12.8 Å². The number of para-hydroxylation sites is 2. The van der Waals surface area contributed by atoms with Gasteiger partial charge in [-0.05, 0) is 49.6 Å². The lowest BCUT2D eigenvalue weighted by molar-refractivity contribution is -0.171. The van der Waals surface area contributed by atoms with Crippen molar-refractivity contribution in [2.24, 2.45) is 0 Å². The Bertz CT molecular complexity index is 867. The van der Waals surface area contributed by atoms with Crippen LogP contribution in [0.1, 0.15) is 24.8 Å². The molecule has 1 fully saturated rings. The Labute approximate surface area is 184 Å². The summed E-state index contributed by atoms with van der Waals surface area (Å²) in [5.74, 6) is 0.173. The van der Waals surface area contributed by atoms with Crippen LogP contribution in [-0.4, -0.2) is 67.5 Å². The van der Waals surface area contributed by atoms with Crippen LogP contribution in [0.3, 0.4) is 0 Å². The summed E-state index contributed by atoms with van der Waals surface area (Å²) in [5.41, 5.74) is 0.928. The van der Waals surface area contributed by atoms with E-state index in [4.69, 9.17) is 9.47 Å². The molecule has 31 heavy (non-hydrogen) atoms. The van der Waals surface area contributed by atoms with Gasteiger partial charge in [-0.3, -0.25) is 4.90 Å². The van der Waals surface area contributed by atoms with E-state index in [2.05, 4.69) is 34.1 Å². The molecule has 166 valence electrons. The van der Waals surface area contributed by atoms with E-state index in [9.17, 15) is 9.90 Å². The second kappa shape index (κ2) is 9.71. The Hall–Kier alpha value is -2.57. The van der Waals surface area contributed by atoms with E-state index in [0.29, 0.717) is 25.0 Å². The molecule has 2 aromatic rings. The predicted octanol–water partition coefficient (Wildman–Crippen LogP) is 2.89. The maximum atomic E-state index is 12.8. The Balaban J connectivity index is 1.38. The van der Waals surface area contributed by atoms with Crippen molar-refractivity contribution in [2.75, 3.05) is 44.7 Å². The van der Waals surface area contributed by atoms with Crippen LogP contribution < -0.4 is 9.64 Å². The van der Waals surface area contributed by atoms with Crippen LogP contribution in [-0.2, 0) is 16.0 Å². The summed E-state index contributed by atoms with van der Waals surface area (Å²) >= 11 is 0. The molecule has 0 spiro atoms. The number of nitrogens with zero attached hydrogens (tertiary/aromatic N) is 2. The Morgan fingerprint density at radius 3 is 2.55 bits per heavy atom. The van der Waals surface area contributed by atoms with Crippen LogP contribution in [0.5, 0.6) is 5.75 Å². The average Bonchev–Trinajstić information content (AvgIpc) is 2.97. The Morgan fingerprint density at radius 2 is 1.81 bits per heavy atom. The molecule has 0 amide bonds. The number of fused-ring (bicyclic) bond motifs is 1. The highest BCUT2D eigenvalue weighted by Gasteiger charge is 2.50. The van der Waals surface area contributed by atoms with Gasteiger partial charge < -0.3 is 19.5 Å². The molecular weight excluding hydrogens is 392 g/mol. The quantitative estimate of drug-likeness (QED) is 0.720. The molecule has 6 heteroatoms. The number of hydrogen-bond acceptors (Lipinski definition) is 6. The van der Waals surface area contributed by atoms with E-state index in [-0.39, 0.29) is 0 Å². The zero-order chi connectivity index (χ0) is 21.7. The second-order valence-corrected chi connectivity index (χ2v) is 8.41. The van der Waals surface area contributed by atoms with E-state index in [0.717, 1.165) is 44.7 Å². The Morgan fingerprint density at radius 1 is 1.10 bits per heavy atom. The third-order valence-electron chi connectivity index (χ3n) is 6.54. The van der Waals surface area contributed by atoms with Crippen molar-refractivity contribution in [3.8, 4) is 5.75 Å². The number of ether oxygens (including phenoxy) is 2. The molecule has 2 unspecified atom stereocenters. The molecule has 1 N–H and O–H groups in total. The average molecular weight is 425 g/mol. The van der Waals surface area contributed by atoms with E-state index in [1.54, 1.807) is 0 Å². The number of anilines is 1. The van der Waals surface area contributed by atoms with E-state index >= 15 is 0 Å². The molecule has 2 atom stereocenters. The first-order valence-electron chi connectivity index (χ1n) is 11.2. The number of esters is 1. The van der Waals surface area contributed by atoms with Crippen LogP contribution in [0.25, 0.3) is 0 Å². The zero-order valence-corrected chi connectivity index (χ0v) is 18.2. The smallest absolute Gasteiger partial charge is 0.352 e. The van der Waals surface area contributed by atoms with Gasteiger partial charge in [0.25, 0.3) is 0 Å². The van der Waals surface area contributed by atoms with Crippen LogP contribution in [0.4, 0.5) is 5.69 Å². The number of rotatable bonds is 6. The van der Waals surface area contributed by atoms with Crippen molar-refractivity contribution in [3.05, 3.63) is 60.2 Å². The van der Waals surface area contributed by atoms with Gasteiger partial charge >= 0.3 is 5.97 Å². The maximum Gasteiger partial charge on any atom is 0.352 e. The zero-order valence-electron chi connectivity index (χ0n) is 18.2. The van der Waals surface area contributed by atoms with Gasteiger partial charge in [0.1, 0.15) is 11.9 Å². The molecular formula is C25H32N2O4. The summed E-state index contributed by atoms with van der Waals surface area (Å²) in [5, 5.41) is 10.9. The van der Waals surface area contributed by atoms with Gasteiger partial charge in [-0.2, -0.15) is 0 Å². The van der Waals surface area contributed by atoms with E-state index in [1.807, 2.05) is 30.3 Å². The molecule has 0 aliphatic carbocycles. The number of methoxy groups -OCH3 is 1. The normalized spacial score (nSPS) is 24.1. The van der Waals surface area contributed by atoms with Gasteiger partial charge in [0, 0.05) is 38.3 Å². The first-order valence-corrected chi connectivity index (χ1v) is 11.2. The fraction of sp³-hybridized carbons (Fsp3) is 0.480. The molecule has 4 rings (SSSR count). The largest absolute Gasteiger partial charge is 0.472 e. The minimum atomic E-state index is -1.35. The highest BCUT2D eigenvalue weighted by molar-refractivity contribution is 5.81. The molecule has 0 saturated carbocycles. The van der Waals surface area contributed by atoms with Gasteiger partial charge in [-0.15, -0.1) is 0 Å². The molecule has 2 aliphatic rings. The van der Waals surface area contributed by atoms with Crippen LogP contribution in [0.15, 0.2) is 54.6 Å². The van der Waals surface area contributed by atoms with Crippen molar-refractivity contribution in [3.63, 3.8) is 0 Å². The molecule has 2 aromatic carbocycles. The molecule has 2 heterocycles. The number of aliphatic hydroxyl groups excluding tert-OH is 1. The fourth-order valence-corrected chi connectivity index (χ4v) is 4.70. The number of aryl methyl sites for hydroxylation is 1. The topological polar surface area (TPSA) is 62.2 Å². The summed E-state index contributed by atoms with van der Waals surface area (Å²) in [6, 6.07) is 18.2. The van der Waals surface area contributed by atoms with Crippen LogP contribution in [0, 0.1) is 0 Å². The number of aliphatic hydroxyl groups is 1. The van der Waals surface area contributed by atoms with Crippen molar-refractivity contribution in [2.45, 2.75) is 37.4 Å². The molecule has 1 saturated heterocycles. The Kier molecular flexibility index (Phi) is 6.78. The predicted molar refractivity (Wildman–Crippen MR) is 120 cm³/mol. The summed E-state index contributed by atoms with van der Waals surface area (Å²) < 4.78 is 11.3. The minimum Gasteiger partial charge on any atom is -0.472 e. The number of carbonyl (C=O) groups excluding carboxylic acids is 1. The summed E-state index contributed by atoms with van der Waals surface area (Å²) in [7, 11) is 1.36. The van der Waals surface area contributed by atoms with Gasteiger partial charge in [0.15, 0.2) is 0 Å². The standard InChI is InChI=1S/C25H32N2O4/c1-30-24(29)25(23(28)13-12-20-8-5-6-11-22(20)31-25)14-7-15-26-16-18-27(19-17-26)21-9-3-2-4-10-21/h2-6,8-11,23,28H,7,12-19H2,1H3. The molecule has 6 nitrogen and oxygen atoms in total. The molecule has 2 aliphatic heterocycles. The first kappa shape index (κ1) is 21.7. The monoisotopic (exact) mass is 424 g/mol. The third kappa shape index (κ3) is 4.70. The molecule has 0 bridgehead atoms. The lowest BCUT2D eigenvalue weighted by Gasteiger charge is -2.37. The van der Waals surface area contributed by atoms with Gasteiger partial charge in [-0.25, -0.2) is 4.79 Å². The van der Waals surface area contributed by atoms with Crippen molar-refractivity contribution >= 4 is 11.7 Å². The number of carbonyl (C=O) groups is 1. The molecule has 0 radical (unpaired) electrons. The minimum absolute atomic E-state index is 0.425. The lowest BCUT2D eigenvalue weighted by Crippen LogP contribution is -2.55. The van der Waals surface area contributed by atoms with Crippen molar-refractivity contribution in [1.82, 2.24) is 4.90 Å². The maximum absolute atomic E-state index is 12.8. The molecule has 0 aromatic heterocycles. The third-order valence-corrected chi connectivity index (χ3v) is 6.54. The van der Waals surface area contributed by atoms with Crippen LogP contribution >= 0.6 is 0 Å². The summed E-state index contributed by atoms with van der Waals surface area (Å²) in [4.78, 5) is 17.6. The first-order chi connectivity index (χ1) is 15.1. The lowest BCUT2D eigenvalue weighted by atomic mass is 9.88. The number of piperazine rings is 1. The van der Waals surface area contributed by atoms with Crippen LogP contribution in [0.2, 0.25) is 0 Å². The number of benzene rings is 2. The SMILES string of the molecule is COC(=O)C1(CCCN2CCN(c3ccccc3)CC2)Oc2ccccc2CCC1O. The second-order valence-electron chi connectivity index (χ2n) is 8.41. The van der Waals surface area contributed by atoms with Gasteiger partial charge in [0.05, 0.1) is 7.11 Å². The van der Waals surface area contributed by atoms with Gasteiger partial charge in [0.2, 0.25) is 5.60 Å². The van der Waals surface area contributed by atoms with Crippen molar-refractivity contribution < 1.29 is 19.4 Å². The fourth-order valence-electron chi connectivity index (χ4n) is 4.70. The highest BCUT2D eigenvalue weighted by Crippen LogP contribution is 2.36. The summed E-state index contributed by atoms with van der Waals surface area (Å²) in [6.45, 7) is 4.79. The van der Waals surface area contributed by atoms with E-state index < -0.39 is 17.7 Å². The van der Waals surface area contributed by atoms with Crippen molar-refractivity contribution in [1.29, 1.82) is 0 Å². The summed E-state index contributed by atoms with van der Waals surface area (Å²) in [6.07, 6.45) is 1.43. The highest BCUT2D eigenvalue weighted by atomic mass is 16.6. The van der Waals surface area contributed by atoms with Gasteiger partial charge in [-0.1, -0.05) is 36.4 Å². The number of hydrogen-bond donors (Lipinski definition) is 1.